The van der Waals surface area contributed by atoms with E-state index in [0.717, 1.165) is 41.9 Å². The summed E-state index contributed by atoms with van der Waals surface area (Å²) < 4.78 is 1.86. The molecule has 6 nitrogen and oxygen atoms in total. The SMILES string of the molecule is Cc1ccc(-n2nc(C(=O)[C@H](C#N)c3cc(C)nc(C)n3)c3c2CCC3)cc1. The molecule has 2 heterocycles. The van der Waals surface area contributed by atoms with Crippen molar-refractivity contribution < 1.29 is 4.79 Å². The minimum Gasteiger partial charge on any atom is -0.290 e. The fourth-order valence-electron chi connectivity index (χ4n) is 3.82. The Balaban J connectivity index is 1.78. The molecule has 0 spiro atoms. The molecule has 0 bridgehead atoms. The first-order chi connectivity index (χ1) is 13.5. The van der Waals surface area contributed by atoms with Gasteiger partial charge in [-0.3, -0.25) is 4.79 Å². The highest BCUT2D eigenvalue weighted by Gasteiger charge is 2.32. The van der Waals surface area contributed by atoms with Gasteiger partial charge in [0.05, 0.1) is 17.5 Å². The Hall–Kier alpha value is -3.33. The number of carbonyl (C=O) groups is 1. The van der Waals surface area contributed by atoms with Crippen molar-refractivity contribution in [1.82, 2.24) is 19.7 Å². The van der Waals surface area contributed by atoms with E-state index in [1.165, 1.54) is 5.56 Å². The summed E-state index contributed by atoms with van der Waals surface area (Å²) in [5.41, 5.74) is 5.72. The summed E-state index contributed by atoms with van der Waals surface area (Å²) in [6, 6.07) is 11.9. The van der Waals surface area contributed by atoms with Crippen molar-refractivity contribution in [3.05, 3.63) is 70.1 Å². The molecule has 0 radical (unpaired) electrons. The van der Waals surface area contributed by atoms with Crippen molar-refractivity contribution in [2.75, 3.05) is 0 Å². The number of aryl methyl sites for hydroxylation is 3. The molecule has 0 saturated carbocycles. The molecule has 0 amide bonds. The first-order valence-corrected chi connectivity index (χ1v) is 9.41. The maximum absolute atomic E-state index is 13.3. The molecule has 0 aliphatic heterocycles. The second-order valence-corrected chi connectivity index (χ2v) is 7.28. The molecule has 1 aliphatic carbocycles. The van der Waals surface area contributed by atoms with Gasteiger partial charge in [0, 0.05) is 17.0 Å². The Morgan fingerprint density at radius 1 is 1.14 bits per heavy atom. The molecule has 1 aliphatic rings. The summed E-state index contributed by atoms with van der Waals surface area (Å²) in [4.78, 5) is 21.9. The van der Waals surface area contributed by atoms with Gasteiger partial charge in [-0.2, -0.15) is 10.4 Å². The van der Waals surface area contributed by atoms with Crippen LogP contribution in [0.15, 0.2) is 30.3 Å². The number of Topliss-reactive ketones (excluding diaryl/α,β-unsaturated/α-hetero) is 1. The number of nitrogens with zero attached hydrogens (tertiary/aromatic N) is 5. The van der Waals surface area contributed by atoms with Crippen molar-refractivity contribution in [1.29, 1.82) is 5.26 Å². The number of hydrogen-bond donors (Lipinski definition) is 0. The number of fused-ring (bicyclic) bond motifs is 1. The first-order valence-electron chi connectivity index (χ1n) is 9.41. The van der Waals surface area contributed by atoms with E-state index in [1.807, 2.05) is 42.8 Å². The Morgan fingerprint density at radius 3 is 2.57 bits per heavy atom. The molecule has 1 atom stereocenters. The van der Waals surface area contributed by atoms with Gasteiger partial charge < -0.3 is 0 Å². The second kappa shape index (κ2) is 7.01. The number of hydrogen-bond acceptors (Lipinski definition) is 5. The van der Waals surface area contributed by atoms with Crippen LogP contribution in [0.4, 0.5) is 0 Å². The predicted molar refractivity (Wildman–Crippen MR) is 105 cm³/mol. The van der Waals surface area contributed by atoms with Gasteiger partial charge >= 0.3 is 0 Å². The van der Waals surface area contributed by atoms with E-state index in [4.69, 9.17) is 0 Å². The van der Waals surface area contributed by atoms with Gasteiger partial charge in [0.2, 0.25) is 5.78 Å². The summed E-state index contributed by atoms with van der Waals surface area (Å²) in [6.45, 7) is 5.63. The van der Waals surface area contributed by atoms with E-state index in [2.05, 4.69) is 21.1 Å². The summed E-state index contributed by atoms with van der Waals surface area (Å²) >= 11 is 0. The summed E-state index contributed by atoms with van der Waals surface area (Å²) in [5.74, 6) is -0.714. The monoisotopic (exact) mass is 371 g/mol. The number of carbonyl (C=O) groups excluding carboxylic acids is 1. The summed E-state index contributed by atoms with van der Waals surface area (Å²) in [6.07, 6.45) is 2.68. The van der Waals surface area contributed by atoms with Crippen molar-refractivity contribution in [3.63, 3.8) is 0 Å². The lowest BCUT2D eigenvalue weighted by atomic mass is 9.96. The van der Waals surface area contributed by atoms with Gasteiger partial charge in [-0.1, -0.05) is 17.7 Å². The molecule has 0 unspecified atom stereocenters. The molecule has 0 saturated heterocycles. The molecule has 28 heavy (non-hydrogen) atoms. The molecule has 2 aromatic heterocycles. The van der Waals surface area contributed by atoms with Crippen LogP contribution in [-0.4, -0.2) is 25.5 Å². The van der Waals surface area contributed by atoms with Gasteiger partial charge in [-0.25, -0.2) is 14.6 Å². The average Bonchev–Trinajstić information content (AvgIpc) is 3.25. The van der Waals surface area contributed by atoms with Crippen molar-refractivity contribution in [2.24, 2.45) is 0 Å². The standard InChI is InChI=1S/C22H21N5O/c1-13-7-9-16(10-8-13)27-20-6-4-5-17(20)21(26-27)22(28)18(12-23)19-11-14(2)24-15(3)25-19/h7-11,18H,4-6H2,1-3H3/t18-/m1/s1. The normalized spacial score (nSPS) is 13.8. The number of benzene rings is 1. The van der Waals surface area contributed by atoms with Crippen molar-refractivity contribution in [3.8, 4) is 11.8 Å². The maximum Gasteiger partial charge on any atom is 0.206 e. The third kappa shape index (κ3) is 3.09. The van der Waals surface area contributed by atoms with E-state index in [9.17, 15) is 10.1 Å². The van der Waals surface area contributed by atoms with E-state index < -0.39 is 5.92 Å². The Kier molecular flexibility index (Phi) is 4.52. The minimum atomic E-state index is -0.980. The Morgan fingerprint density at radius 2 is 1.89 bits per heavy atom. The van der Waals surface area contributed by atoms with Gasteiger partial charge in [0.15, 0.2) is 5.92 Å². The van der Waals surface area contributed by atoms with E-state index >= 15 is 0 Å². The zero-order chi connectivity index (χ0) is 19.8. The lowest BCUT2D eigenvalue weighted by molar-refractivity contribution is 0.0971. The molecule has 0 N–H and O–H groups in total. The average molecular weight is 371 g/mol. The van der Waals surface area contributed by atoms with Crippen LogP contribution < -0.4 is 0 Å². The first kappa shape index (κ1) is 18.1. The number of aromatic nitrogens is 4. The number of rotatable bonds is 4. The summed E-state index contributed by atoms with van der Waals surface area (Å²) in [7, 11) is 0. The van der Waals surface area contributed by atoms with Gasteiger partial charge in [0.1, 0.15) is 11.5 Å². The van der Waals surface area contributed by atoms with Crippen LogP contribution >= 0.6 is 0 Å². The molecule has 140 valence electrons. The third-order valence-electron chi connectivity index (χ3n) is 5.12. The highest BCUT2D eigenvalue weighted by molar-refractivity contribution is 6.02. The highest BCUT2D eigenvalue weighted by atomic mass is 16.1. The molecular formula is C22H21N5O. The fraction of sp³-hybridized carbons (Fsp3) is 0.318. The minimum absolute atomic E-state index is 0.288. The smallest absolute Gasteiger partial charge is 0.206 e. The molecule has 3 aromatic rings. The van der Waals surface area contributed by atoms with Gasteiger partial charge in [-0.15, -0.1) is 0 Å². The number of ketones is 1. The largest absolute Gasteiger partial charge is 0.290 e. The van der Waals surface area contributed by atoms with Crippen LogP contribution in [0.25, 0.3) is 5.69 Å². The lowest BCUT2D eigenvalue weighted by Crippen LogP contribution is -2.16. The third-order valence-corrected chi connectivity index (χ3v) is 5.12. The zero-order valence-electron chi connectivity index (χ0n) is 16.2. The fourth-order valence-corrected chi connectivity index (χ4v) is 3.82. The van der Waals surface area contributed by atoms with Gasteiger partial charge in [-0.05, 0) is 58.2 Å². The predicted octanol–water partition coefficient (Wildman–Crippen LogP) is 3.57. The molecular weight excluding hydrogens is 350 g/mol. The van der Waals surface area contributed by atoms with Crippen LogP contribution in [0.3, 0.4) is 0 Å². The zero-order valence-corrected chi connectivity index (χ0v) is 16.2. The quantitative estimate of drug-likeness (QED) is 0.655. The van der Waals surface area contributed by atoms with Crippen molar-refractivity contribution >= 4 is 5.78 Å². The Labute approximate surface area is 163 Å². The molecule has 6 heteroatoms. The highest BCUT2D eigenvalue weighted by Crippen LogP contribution is 2.31. The molecule has 0 fully saturated rings. The van der Waals surface area contributed by atoms with Crippen LogP contribution in [0.5, 0.6) is 0 Å². The molecule has 4 rings (SSSR count). The maximum atomic E-state index is 13.3. The second-order valence-electron chi connectivity index (χ2n) is 7.28. The van der Waals surface area contributed by atoms with Crippen molar-refractivity contribution in [2.45, 2.75) is 46.0 Å². The van der Waals surface area contributed by atoms with Crippen LogP contribution in [0.2, 0.25) is 0 Å². The molecule has 1 aromatic carbocycles. The van der Waals surface area contributed by atoms with Gasteiger partial charge in [0.25, 0.3) is 0 Å². The lowest BCUT2D eigenvalue weighted by Gasteiger charge is -2.09. The van der Waals surface area contributed by atoms with Crippen LogP contribution in [0.1, 0.15) is 56.9 Å². The van der Waals surface area contributed by atoms with Crippen LogP contribution in [-0.2, 0) is 12.8 Å². The summed E-state index contributed by atoms with van der Waals surface area (Å²) in [5, 5.41) is 14.4. The topological polar surface area (TPSA) is 84.5 Å². The van der Waals surface area contributed by atoms with E-state index in [1.54, 1.807) is 13.0 Å². The van der Waals surface area contributed by atoms with E-state index in [0.29, 0.717) is 17.2 Å². The Bertz CT molecular complexity index is 1080. The van der Waals surface area contributed by atoms with E-state index in [-0.39, 0.29) is 5.78 Å². The number of nitriles is 1. The van der Waals surface area contributed by atoms with Crippen LogP contribution in [0, 0.1) is 32.1 Å².